The molecule has 0 spiro atoms. The summed E-state index contributed by atoms with van der Waals surface area (Å²) in [5.41, 5.74) is 0.701. The molecule has 0 amide bonds. The average molecular weight is 222 g/mol. The summed E-state index contributed by atoms with van der Waals surface area (Å²) in [5.74, 6) is 0.0486. The zero-order valence-electron chi connectivity index (χ0n) is 9.81. The van der Waals surface area contributed by atoms with Crippen LogP contribution in [0.3, 0.4) is 0 Å². The van der Waals surface area contributed by atoms with E-state index in [4.69, 9.17) is 9.47 Å². The maximum atomic E-state index is 11.8. The van der Waals surface area contributed by atoms with Gasteiger partial charge in [0.25, 0.3) is 0 Å². The Bertz CT molecular complexity index is 302. The SMILES string of the molecule is CCOC(CC(=O)c1ccccc1)OCC. The Kier molecular flexibility index (Phi) is 5.75. The van der Waals surface area contributed by atoms with Gasteiger partial charge in [0.05, 0.1) is 6.42 Å². The van der Waals surface area contributed by atoms with Crippen LogP contribution in [0.1, 0.15) is 30.6 Å². The molecule has 3 heteroatoms. The number of rotatable bonds is 7. The first-order valence-electron chi connectivity index (χ1n) is 5.59. The highest BCUT2D eigenvalue weighted by atomic mass is 16.7. The summed E-state index contributed by atoms with van der Waals surface area (Å²) >= 11 is 0. The molecule has 0 heterocycles. The molecular weight excluding hydrogens is 204 g/mol. The minimum absolute atomic E-state index is 0.0486. The fraction of sp³-hybridized carbons (Fsp3) is 0.462. The Labute approximate surface area is 96.4 Å². The van der Waals surface area contributed by atoms with Crippen LogP contribution in [0.2, 0.25) is 0 Å². The lowest BCUT2D eigenvalue weighted by molar-refractivity contribution is -0.133. The van der Waals surface area contributed by atoms with E-state index in [9.17, 15) is 4.79 Å². The molecule has 0 saturated carbocycles. The molecular formula is C13H18O3. The first-order valence-corrected chi connectivity index (χ1v) is 5.59. The average Bonchev–Trinajstić information content (AvgIpc) is 2.31. The predicted octanol–water partition coefficient (Wildman–Crippen LogP) is 2.66. The lowest BCUT2D eigenvalue weighted by Gasteiger charge is -2.15. The van der Waals surface area contributed by atoms with Gasteiger partial charge in [-0.05, 0) is 13.8 Å². The van der Waals surface area contributed by atoms with E-state index in [1.807, 2.05) is 32.0 Å². The number of carbonyl (C=O) groups is 1. The highest BCUT2D eigenvalue weighted by molar-refractivity contribution is 5.96. The second-order valence-electron chi connectivity index (χ2n) is 3.33. The number of ether oxygens (including phenoxy) is 2. The minimum atomic E-state index is -0.428. The highest BCUT2D eigenvalue weighted by Gasteiger charge is 2.14. The molecule has 0 atom stereocenters. The smallest absolute Gasteiger partial charge is 0.167 e. The van der Waals surface area contributed by atoms with E-state index in [1.165, 1.54) is 0 Å². The summed E-state index contributed by atoms with van der Waals surface area (Å²) in [6.45, 7) is 4.87. The first kappa shape index (κ1) is 12.9. The van der Waals surface area contributed by atoms with Crippen LogP contribution in [-0.4, -0.2) is 25.3 Å². The molecule has 0 radical (unpaired) electrons. The molecule has 0 unspecified atom stereocenters. The third kappa shape index (κ3) is 4.13. The van der Waals surface area contributed by atoms with Gasteiger partial charge >= 0.3 is 0 Å². The van der Waals surface area contributed by atoms with Crippen LogP contribution < -0.4 is 0 Å². The van der Waals surface area contributed by atoms with Crippen molar-refractivity contribution in [2.75, 3.05) is 13.2 Å². The van der Waals surface area contributed by atoms with E-state index >= 15 is 0 Å². The van der Waals surface area contributed by atoms with Gasteiger partial charge in [0, 0.05) is 18.8 Å². The summed E-state index contributed by atoms with van der Waals surface area (Å²) < 4.78 is 10.7. The Morgan fingerprint density at radius 2 is 1.69 bits per heavy atom. The number of benzene rings is 1. The molecule has 0 aromatic heterocycles. The van der Waals surface area contributed by atoms with Gasteiger partial charge in [-0.15, -0.1) is 0 Å². The zero-order chi connectivity index (χ0) is 11.8. The second-order valence-corrected chi connectivity index (χ2v) is 3.33. The van der Waals surface area contributed by atoms with Gasteiger partial charge in [-0.3, -0.25) is 4.79 Å². The van der Waals surface area contributed by atoms with Crippen molar-refractivity contribution in [3.8, 4) is 0 Å². The maximum Gasteiger partial charge on any atom is 0.167 e. The van der Waals surface area contributed by atoms with Gasteiger partial charge in [-0.1, -0.05) is 30.3 Å². The summed E-state index contributed by atoms with van der Waals surface area (Å²) in [7, 11) is 0. The lowest BCUT2D eigenvalue weighted by Crippen LogP contribution is -2.21. The fourth-order valence-corrected chi connectivity index (χ4v) is 1.43. The van der Waals surface area contributed by atoms with Gasteiger partial charge in [0.15, 0.2) is 12.1 Å². The molecule has 1 aromatic rings. The van der Waals surface area contributed by atoms with Crippen LogP contribution in [0.15, 0.2) is 30.3 Å². The minimum Gasteiger partial charge on any atom is -0.352 e. The number of hydrogen-bond donors (Lipinski definition) is 0. The van der Waals surface area contributed by atoms with Crippen molar-refractivity contribution >= 4 is 5.78 Å². The van der Waals surface area contributed by atoms with Crippen molar-refractivity contribution in [1.82, 2.24) is 0 Å². The Hall–Kier alpha value is -1.19. The van der Waals surface area contributed by atoms with E-state index in [1.54, 1.807) is 12.1 Å². The highest BCUT2D eigenvalue weighted by Crippen LogP contribution is 2.08. The van der Waals surface area contributed by atoms with Crippen LogP contribution in [0.25, 0.3) is 0 Å². The Morgan fingerprint density at radius 3 is 2.19 bits per heavy atom. The van der Waals surface area contributed by atoms with E-state index < -0.39 is 6.29 Å². The number of carbonyl (C=O) groups excluding carboxylic acids is 1. The molecule has 1 aromatic carbocycles. The van der Waals surface area contributed by atoms with Crippen molar-refractivity contribution in [2.24, 2.45) is 0 Å². The summed E-state index contributed by atoms with van der Waals surface area (Å²) in [6.07, 6.45) is -0.159. The van der Waals surface area contributed by atoms with Crippen LogP contribution in [0.4, 0.5) is 0 Å². The normalized spacial score (nSPS) is 10.7. The molecule has 0 N–H and O–H groups in total. The predicted molar refractivity (Wildman–Crippen MR) is 62.4 cm³/mol. The first-order chi connectivity index (χ1) is 7.77. The number of hydrogen-bond acceptors (Lipinski definition) is 3. The summed E-state index contributed by atoms with van der Waals surface area (Å²) in [4.78, 5) is 11.8. The van der Waals surface area contributed by atoms with Crippen molar-refractivity contribution in [2.45, 2.75) is 26.6 Å². The molecule has 0 fully saturated rings. The molecule has 0 aliphatic heterocycles. The maximum absolute atomic E-state index is 11.8. The molecule has 88 valence electrons. The van der Waals surface area contributed by atoms with Gasteiger partial charge < -0.3 is 9.47 Å². The van der Waals surface area contributed by atoms with E-state index in [-0.39, 0.29) is 12.2 Å². The van der Waals surface area contributed by atoms with E-state index in [0.29, 0.717) is 18.8 Å². The summed E-state index contributed by atoms with van der Waals surface area (Å²) in [6, 6.07) is 9.20. The van der Waals surface area contributed by atoms with E-state index in [0.717, 1.165) is 0 Å². The molecule has 0 bridgehead atoms. The molecule has 0 aliphatic rings. The van der Waals surface area contributed by atoms with Crippen LogP contribution in [-0.2, 0) is 9.47 Å². The summed E-state index contributed by atoms with van der Waals surface area (Å²) in [5, 5.41) is 0. The van der Waals surface area contributed by atoms with Gasteiger partial charge in [-0.2, -0.15) is 0 Å². The molecule has 16 heavy (non-hydrogen) atoms. The lowest BCUT2D eigenvalue weighted by atomic mass is 10.1. The quantitative estimate of drug-likeness (QED) is 0.525. The van der Waals surface area contributed by atoms with Gasteiger partial charge in [0.2, 0.25) is 0 Å². The molecule has 0 saturated heterocycles. The standard InChI is InChI=1S/C13H18O3/c1-3-15-13(16-4-2)10-12(14)11-8-6-5-7-9-11/h5-9,13H,3-4,10H2,1-2H3. The van der Waals surface area contributed by atoms with Crippen LogP contribution in [0.5, 0.6) is 0 Å². The second kappa shape index (κ2) is 7.14. The number of ketones is 1. The van der Waals surface area contributed by atoms with Crippen molar-refractivity contribution in [3.63, 3.8) is 0 Å². The number of Topliss-reactive ketones (excluding diaryl/α,β-unsaturated/α-hetero) is 1. The van der Waals surface area contributed by atoms with Crippen molar-refractivity contribution in [1.29, 1.82) is 0 Å². The largest absolute Gasteiger partial charge is 0.352 e. The third-order valence-corrected chi connectivity index (χ3v) is 2.15. The van der Waals surface area contributed by atoms with Crippen LogP contribution in [0, 0.1) is 0 Å². The van der Waals surface area contributed by atoms with Crippen molar-refractivity contribution in [3.05, 3.63) is 35.9 Å². The van der Waals surface area contributed by atoms with E-state index in [2.05, 4.69) is 0 Å². The third-order valence-electron chi connectivity index (χ3n) is 2.15. The molecule has 1 rings (SSSR count). The van der Waals surface area contributed by atoms with Crippen molar-refractivity contribution < 1.29 is 14.3 Å². The van der Waals surface area contributed by atoms with Crippen LogP contribution >= 0.6 is 0 Å². The monoisotopic (exact) mass is 222 g/mol. The molecule has 3 nitrogen and oxygen atoms in total. The Balaban J connectivity index is 2.54. The van der Waals surface area contributed by atoms with Gasteiger partial charge in [0.1, 0.15) is 0 Å². The Morgan fingerprint density at radius 1 is 1.12 bits per heavy atom. The molecule has 0 aliphatic carbocycles. The van der Waals surface area contributed by atoms with Gasteiger partial charge in [-0.25, -0.2) is 0 Å². The topological polar surface area (TPSA) is 35.5 Å². The zero-order valence-corrected chi connectivity index (χ0v) is 9.81. The fourth-order valence-electron chi connectivity index (χ4n) is 1.43.